The molecule has 0 fully saturated rings. The molecule has 2 N–H and O–H groups in total. The zero-order valence-corrected chi connectivity index (χ0v) is 12.7. The number of likely N-dealkylation sites (N-methyl/N-ethyl adjacent to an activating group) is 1. The summed E-state index contributed by atoms with van der Waals surface area (Å²) in [7, 11) is 0. The molecule has 0 aromatic heterocycles. The molecule has 0 heterocycles. The zero-order chi connectivity index (χ0) is 14.3. The van der Waals surface area contributed by atoms with Gasteiger partial charge in [0.25, 0.3) is 0 Å². The number of aliphatic hydroxyl groups is 1. The average Bonchev–Trinajstić information content (AvgIpc) is 2.38. The second-order valence-electron chi connectivity index (χ2n) is 5.59. The smallest absolute Gasteiger partial charge is 0.0715 e. The van der Waals surface area contributed by atoms with Crippen molar-refractivity contribution in [1.29, 1.82) is 0 Å². The topological polar surface area (TPSA) is 35.5 Å². The Kier molecular flexibility index (Phi) is 6.49. The Morgan fingerprint density at radius 1 is 1.16 bits per heavy atom. The van der Waals surface area contributed by atoms with Crippen molar-refractivity contribution in [2.45, 2.75) is 39.3 Å². The van der Waals surface area contributed by atoms with Gasteiger partial charge < -0.3 is 10.4 Å². The third kappa shape index (κ3) is 5.72. The van der Waals surface area contributed by atoms with Crippen molar-refractivity contribution in [2.24, 2.45) is 0 Å². The minimum atomic E-state index is -0.662. The van der Waals surface area contributed by atoms with Crippen molar-refractivity contribution in [3.05, 3.63) is 35.9 Å². The second kappa shape index (κ2) is 7.63. The number of hydrogen-bond donors (Lipinski definition) is 2. The maximum absolute atomic E-state index is 9.78. The lowest BCUT2D eigenvalue weighted by Crippen LogP contribution is -2.41. The summed E-state index contributed by atoms with van der Waals surface area (Å²) >= 11 is 0. The van der Waals surface area contributed by atoms with Crippen LogP contribution in [-0.2, 0) is 0 Å². The molecular formula is C16H28N2O. The van der Waals surface area contributed by atoms with E-state index < -0.39 is 5.60 Å². The van der Waals surface area contributed by atoms with Crippen LogP contribution in [0.1, 0.15) is 39.3 Å². The number of hydrogen-bond acceptors (Lipinski definition) is 3. The Bertz CT molecular complexity index is 342. The SMILES string of the molecule is CCN(CC)C(CNCC(C)(C)O)c1ccccc1. The molecule has 0 spiro atoms. The summed E-state index contributed by atoms with van der Waals surface area (Å²) in [6.45, 7) is 11.6. The molecule has 1 unspecified atom stereocenters. The molecule has 3 nitrogen and oxygen atoms in total. The third-order valence-corrected chi connectivity index (χ3v) is 3.33. The van der Waals surface area contributed by atoms with Crippen LogP contribution in [0.15, 0.2) is 30.3 Å². The highest BCUT2D eigenvalue weighted by Crippen LogP contribution is 2.19. The molecule has 1 atom stereocenters. The van der Waals surface area contributed by atoms with Gasteiger partial charge in [0.1, 0.15) is 0 Å². The van der Waals surface area contributed by atoms with Gasteiger partial charge in [-0.05, 0) is 32.5 Å². The van der Waals surface area contributed by atoms with Crippen LogP contribution in [-0.4, -0.2) is 41.8 Å². The van der Waals surface area contributed by atoms with E-state index in [1.54, 1.807) is 0 Å². The normalized spacial score (nSPS) is 13.8. The third-order valence-electron chi connectivity index (χ3n) is 3.33. The van der Waals surface area contributed by atoms with Crippen molar-refractivity contribution >= 4 is 0 Å². The first kappa shape index (κ1) is 16.2. The summed E-state index contributed by atoms with van der Waals surface area (Å²) in [5.74, 6) is 0. The maximum Gasteiger partial charge on any atom is 0.0715 e. The fraction of sp³-hybridized carbons (Fsp3) is 0.625. The lowest BCUT2D eigenvalue weighted by Gasteiger charge is -2.31. The molecule has 0 amide bonds. The van der Waals surface area contributed by atoms with Crippen LogP contribution >= 0.6 is 0 Å². The van der Waals surface area contributed by atoms with Gasteiger partial charge in [-0.2, -0.15) is 0 Å². The highest BCUT2D eigenvalue weighted by molar-refractivity contribution is 5.19. The summed E-state index contributed by atoms with van der Waals surface area (Å²) in [4.78, 5) is 2.44. The van der Waals surface area contributed by atoms with E-state index in [4.69, 9.17) is 0 Å². The number of rotatable bonds is 8. The van der Waals surface area contributed by atoms with Gasteiger partial charge in [0.2, 0.25) is 0 Å². The van der Waals surface area contributed by atoms with Gasteiger partial charge >= 0.3 is 0 Å². The van der Waals surface area contributed by atoms with Gasteiger partial charge in [0, 0.05) is 19.1 Å². The second-order valence-corrected chi connectivity index (χ2v) is 5.59. The molecular weight excluding hydrogens is 236 g/mol. The highest BCUT2D eigenvalue weighted by Gasteiger charge is 2.19. The molecule has 108 valence electrons. The molecule has 0 radical (unpaired) electrons. The van der Waals surface area contributed by atoms with Gasteiger partial charge in [-0.25, -0.2) is 0 Å². The molecule has 0 saturated heterocycles. The molecule has 1 aromatic carbocycles. The summed E-state index contributed by atoms with van der Waals surface area (Å²) in [5, 5.41) is 13.2. The van der Waals surface area contributed by atoms with Crippen molar-refractivity contribution in [3.63, 3.8) is 0 Å². The van der Waals surface area contributed by atoms with Crippen LogP contribution < -0.4 is 5.32 Å². The van der Waals surface area contributed by atoms with E-state index in [9.17, 15) is 5.11 Å². The van der Waals surface area contributed by atoms with Crippen LogP contribution in [0.3, 0.4) is 0 Å². The first-order chi connectivity index (χ1) is 8.98. The van der Waals surface area contributed by atoms with E-state index in [-0.39, 0.29) is 0 Å². The lowest BCUT2D eigenvalue weighted by molar-refractivity contribution is 0.0766. The Balaban J connectivity index is 2.71. The van der Waals surface area contributed by atoms with Crippen molar-refractivity contribution in [2.75, 3.05) is 26.2 Å². The van der Waals surface area contributed by atoms with E-state index in [1.807, 2.05) is 19.9 Å². The van der Waals surface area contributed by atoms with Gasteiger partial charge in [-0.3, -0.25) is 4.90 Å². The Hall–Kier alpha value is -0.900. The molecule has 0 bridgehead atoms. The van der Waals surface area contributed by atoms with Crippen LogP contribution in [0.25, 0.3) is 0 Å². The lowest BCUT2D eigenvalue weighted by atomic mass is 10.0. The Morgan fingerprint density at radius 2 is 1.74 bits per heavy atom. The predicted octanol–water partition coefficient (Wildman–Crippen LogP) is 2.43. The van der Waals surface area contributed by atoms with Crippen LogP contribution in [0.4, 0.5) is 0 Å². The van der Waals surface area contributed by atoms with Crippen LogP contribution in [0.5, 0.6) is 0 Å². The van der Waals surface area contributed by atoms with Crippen molar-refractivity contribution < 1.29 is 5.11 Å². The van der Waals surface area contributed by atoms with Gasteiger partial charge in [0.15, 0.2) is 0 Å². The number of nitrogens with zero attached hydrogens (tertiary/aromatic N) is 1. The predicted molar refractivity (Wildman–Crippen MR) is 81.3 cm³/mol. The molecule has 1 aromatic rings. The van der Waals surface area contributed by atoms with Crippen molar-refractivity contribution in [3.8, 4) is 0 Å². The summed E-state index contributed by atoms with van der Waals surface area (Å²) in [6.07, 6.45) is 0. The minimum Gasteiger partial charge on any atom is -0.389 e. The zero-order valence-electron chi connectivity index (χ0n) is 12.7. The average molecular weight is 264 g/mol. The van der Waals surface area contributed by atoms with E-state index in [1.165, 1.54) is 5.56 Å². The molecule has 3 heteroatoms. The fourth-order valence-electron chi connectivity index (χ4n) is 2.31. The van der Waals surface area contributed by atoms with Crippen LogP contribution in [0.2, 0.25) is 0 Å². The van der Waals surface area contributed by atoms with Gasteiger partial charge in [-0.15, -0.1) is 0 Å². The van der Waals surface area contributed by atoms with Crippen LogP contribution in [0, 0.1) is 0 Å². The van der Waals surface area contributed by atoms with Gasteiger partial charge in [-0.1, -0.05) is 44.2 Å². The Morgan fingerprint density at radius 3 is 2.21 bits per heavy atom. The molecule has 0 aliphatic heterocycles. The monoisotopic (exact) mass is 264 g/mol. The number of benzene rings is 1. The Labute approximate surface area is 117 Å². The quantitative estimate of drug-likeness (QED) is 0.757. The summed E-state index contributed by atoms with van der Waals surface area (Å²) in [5.41, 5.74) is 0.666. The molecule has 1 rings (SSSR count). The van der Waals surface area contributed by atoms with Gasteiger partial charge in [0.05, 0.1) is 5.60 Å². The number of nitrogens with one attached hydrogen (secondary N) is 1. The van der Waals surface area contributed by atoms with Crippen molar-refractivity contribution in [1.82, 2.24) is 10.2 Å². The molecule has 0 aliphatic rings. The largest absolute Gasteiger partial charge is 0.389 e. The minimum absolute atomic E-state index is 0.360. The van der Waals surface area contributed by atoms with E-state index in [0.717, 1.165) is 19.6 Å². The fourth-order valence-corrected chi connectivity index (χ4v) is 2.31. The standard InChI is InChI=1S/C16H28N2O/c1-5-18(6-2)15(12-17-13-16(3,4)19)14-10-8-7-9-11-14/h7-11,15,17,19H,5-6,12-13H2,1-4H3. The first-order valence-corrected chi connectivity index (χ1v) is 7.20. The highest BCUT2D eigenvalue weighted by atomic mass is 16.3. The first-order valence-electron chi connectivity index (χ1n) is 7.20. The molecule has 19 heavy (non-hydrogen) atoms. The van der Waals surface area contributed by atoms with E-state index in [2.05, 4.69) is 48.3 Å². The maximum atomic E-state index is 9.78. The van der Waals surface area contributed by atoms with E-state index >= 15 is 0 Å². The molecule has 0 aliphatic carbocycles. The summed E-state index contributed by atoms with van der Waals surface area (Å²) in [6, 6.07) is 10.9. The summed E-state index contributed by atoms with van der Waals surface area (Å²) < 4.78 is 0. The van der Waals surface area contributed by atoms with E-state index in [0.29, 0.717) is 12.6 Å². The molecule has 0 saturated carbocycles.